The van der Waals surface area contributed by atoms with E-state index in [1.165, 1.54) is 0 Å². The number of rotatable bonds is 1. The molecule has 60 valence electrons. The van der Waals surface area contributed by atoms with Gasteiger partial charge in [0.25, 0.3) is 0 Å². The summed E-state index contributed by atoms with van der Waals surface area (Å²) in [5.41, 5.74) is 7.39. The van der Waals surface area contributed by atoms with Gasteiger partial charge < -0.3 is 5.73 Å². The summed E-state index contributed by atoms with van der Waals surface area (Å²) in [4.78, 5) is 4.26. The van der Waals surface area contributed by atoms with Crippen molar-refractivity contribution in [3.8, 4) is 12.3 Å². The van der Waals surface area contributed by atoms with Gasteiger partial charge >= 0.3 is 0 Å². The van der Waals surface area contributed by atoms with E-state index in [2.05, 4.69) is 10.9 Å². The maximum absolute atomic E-state index is 5.96. The molecule has 0 aliphatic heterocycles. The second kappa shape index (κ2) is 2.33. The van der Waals surface area contributed by atoms with E-state index in [9.17, 15) is 0 Å². The summed E-state index contributed by atoms with van der Waals surface area (Å²) in [6, 6.07) is 5.66. The lowest BCUT2D eigenvalue weighted by Crippen LogP contribution is -2.20. The van der Waals surface area contributed by atoms with E-state index in [0.717, 1.165) is 18.5 Å². The van der Waals surface area contributed by atoms with Gasteiger partial charge in [0, 0.05) is 0 Å². The summed E-state index contributed by atoms with van der Waals surface area (Å²) in [6.07, 6.45) is 7.27. The van der Waals surface area contributed by atoms with Crippen LogP contribution in [0, 0.1) is 12.3 Å². The van der Waals surface area contributed by atoms with Gasteiger partial charge in [-0.1, -0.05) is 12.0 Å². The van der Waals surface area contributed by atoms with Crippen LogP contribution in [0.15, 0.2) is 18.2 Å². The molecule has 0 unspecified atom stereocenters. The van der Waals surface area contributed by atoms with E-state index in [4.69, 9.17) is 12.2 Å². The predicted octanol–water partition coefficient (Wildman–Crippen LogP) is 1.01. The minimum atomic E-state index is -0.174. The Morgan fingerprint density at radius 1 is 1.50 bits per heavy atom. The number of nitrogens with two attached hydrogens (primary N) is 1. The first-order valence-electron chi connectivity index (χ1n) is 3.98. The molecule has 0 bridgehead atoms. The SMILES string of the molecule is C#Cc1cccc(C2(N)CC2)n1. The van der Waals surface area contributed by atoms with E-state index in [1.807, 2.05) is 18.2 Å². The van der Waals surface area contributed by atoms with Crippen LogP contribution in [-0.2, 0) is 5.54 Å². The molecule has 2 nitrogen and oxygen atoms in total. The van der Waals surface area contributed by atoms with E-state index >= 15 is 0 Å². The number of pyridine rings is 1. The van der Waals surface area contributed by atoms with Crippen LogP contribution in [0.3, 0.4) is 0 Å². The van der Waals surface area contributed by atoms with Gasteiger partial charge in [-0.3, -0.25) is 0 Å². The highest BCUT2D eigenvalue weighted by molar-refractivity contribution is 5.30. The monoisotopic (exact) mass is 158 g/mol. The van der Waals surface area contributed by atoms with E-state index in [0.29, 0.717) is 5.69 Å². The Balaban J connectivity index is 2.40. The molecule has 1 saturated carbocycles. The molecule has 12 heavy (non-hydrogen) atoms. The Morgan fingerprint density at radius 3 is 2.83 bits per heavy atom. The number of terminal acetylenes is 1. The van der Waals surface area contributed by atoms with E-state index in [-0.39, 0.29) is 5.54 Å². The Kier molecular flexibility index (Phi) is 1.42. The molecular weight excluding hydrogens is 148 g/mol. The highest BCUT2D eigenvalue weighted by atomic mass is 14.9. The van der Waals surface area contributed by atoms with Gasteiger partial charge in [-0.15, -0.1) is 6.42 Å². The van der Waals surface area contributed by atoms with E-state index in [1.54, 1.807) is 0 Å². The lowest BCUT2D eigenvalue weighted by atomic mass is 10.1. The van der Waals surface area contributed by atoms with Crippen LogP contribution in [0.1, 0.15) is 24.2 Å². The highest BCUT2D eigenvalue weighted by Gasteiger charge is 2.41. The normalized spacial score (nSPS) is 18.3. The Morgan fingerprint density at radius 2 is 2.25 bits per heavy atom. The number of nitrogens with zero attached hydrogens (tertiary/aromatic N) is 1. The lowest BCUT2D eigenvalue weighted by Gasteiger charge is -2.06. The molecule has 1 aromatic heterocycles. The molecule has 2 N–H and O–H groups in total. The van der Waals surface area contributed by atoms with Gasteiger partial charge in [-0.2, -0.15) is 0 Å². The zero-order valence-electron chi connectivity index (χ0n) is 6.75. The molecule has 1 aliphatic carbocycles. The molecule has 1 fully saturated rings. The third-order valence-corrected chi connectivity index (χ3v) is 2.20. The first-order chi connectivity index (χ1) is 5.74. The maximum atomic E-state index is 5.96. The molecular formula is C10H10N2. The molecule has 0 atom stereocenters. The molecule has 1 heterocycles. The Bertz CT molecular complexity index is 345. The fraction of sp³-hybridized carbons (Fsp3) is 0.300. The van der Waals surface area contributed by atoms with Crippen LogP contribution < -0.4 is 5.73 Å². The van der Waals surface area contributed by atoms with Crippen molar-refractivity contribution >= 4 is 0 Å². The first kappa shape index (κ1) is 7.33. The fourth-order valence-corrected chi connectivity index (χ4v) is 1.18. The van der Waals surface area contributed by atoms with Crippen molar-refractivity contribution in [1.82, 2.24) is 4.98 Å². The van der Waals surface area contributed by atoms with E-state index < -0.39 is 0 Å². The van der Waals surface area contributed by atoms with Crippen molar-refractivity contribution in [2.24, 2.45) is 5.73 Å². The molecule has 1 aromatic rings. The summed E-state index contributed by atoms with van der Waals surface area (Å²) < 4.78 is 0. The van der Waals surface area contributed by atoms with Crippen LogP contribution in [0.4, 0.5) is 0 Å². The summed E-state index contributed by atoms with van der Waals surface area (Å²) in [5.74, 6) is 2.50. The zero-order chi connectivity index (χ0) is 8.60. The molecule has 0 aromatic carbocycles. The number of hydrogen-bond acceptors (Lipinski definition) is 2. The quantitative estimate of drug-likeness (QED) is 0.619. The summed E-state index contributed by atoms with van der Waals surface area (Å²) in [6.45, 7) is 0. The minimum Gasteiger partial charge on any atom is -0.320 e. The molecule has 0 spiro atoms. The number of hydrogen-bond donors (Lipinski definition) is 1. The largest absolute Gasteiger partial charge is 0.320 e. The summed E-state index contributed by atoms with van der Waals surface area (Å²) in [7, 11) is 0. The van der Waals surface area contributed by atoms with Crippen LogP contribution in [0.25, 0.3) is 0 Å². The smallest absolute Gasteiger partial charge is 0.113 e. The Labute approximate surface area is 71.8 Å². The summed E-state index contributed by atoms with van der Waals surface area (Å²) >= 11 is 0. The summed E-state index contributed by atoms with van der Waals surface area (Å²) in [5, 5.41) is 0. The molecule has 2 rings (SSSR count). The van der Waals surface area contributed by atoms with Crippen LogP contribution in [-0.4, -0.2) is 4.98 Å². The standard InChI is InChI=1S/C10H10N2/c1-2-8-4-3-5-9(12-8)10(11)6-7-10/h1,3-5H,6-7,11H2. The average Bonchev–Trinajstić information content (AvgIpc) is 2.85. The molecule has 0 radical (unpaired) electrons. The third-order valence-electron chi connectivity index (χ3n) is 2.20. The topological polar surface area (TPSA) is 38.9 Å². The van der Waals surface area contributed by atoms with Crippen LogP contribution in [0.5, 0.6) is 0 Å². The second-order valence-corrected chi connectivity index (χ2v) is 3.21. The van der Waals surface area contributed by atoms with Crippen molar-refractivity contribution in [3.05, 3.63) is 29.6 Å². The van der Waals surface area contributed by atoms with Crippen LogP contribution >= 0.6 is 0 Å². The van der Waals surface area contributed by atoms with Crippen molar-refractivity contribution in [2.45, 2.75) is 18.4 Å². The number of aromatic nitrogens is 1. The van der Waals surface area contributed by atoms with Crippen molar-refractivity contribution in [1.29, 1.82) is 0 Å². The molecule has 1 aliphatic rings. The van der Waals surface area contributed by atoms with Gasteiger partial charge in [0.2, 0.25) is 0 Å². The minimum absolute atomic E-state index is 0.174. The van der Waals surface area contributed by atoms with Crippen molar-refractivity contribution in [3.63, 3.8) is 0 Å². The molecule has 2 heteroatoms. The first-order valence-corrected chi connectivity index (χ1v) is 3.98. The van der Waals surface area contributed by atoms with Gasteiger partial charge in [0.1, 0.15) is 5.69 Å². The molecule has 0 amide bonds. The molecule has 0 saturated heterocycles. The maximum Gasteiger partial charge on any atom is 0.113 e. The van der Waals surface area contributed by atoms with Gasteiger partial charge in [-0.05, 0) is 25.0 Å². The average molecular weight is 158 g/mol. The van der Waals surface area contributed by atoms with Gasteiger partial charge in [-0.25, -0.2) is 4.98 Å². The van der Waals surface area contributed by atoms with Crippen LogP contribution in [0.2, 0.25) is 0 Å². The van der Waals surface area contributed by atoms with Crippen molar-refractivity contribution in [2.75, 3.05) is 0 Å². The lowest BCUT2D eigenvalue weighted by molar-refractivity contribution is 0.706. The zero-order valence-corrected chi connectivity index (χ0v) is 6.75. The fourth-order valence-electron chi connectivity index (χ4n) is 1.18. The Hall–Kier alpha value is -1.33. The van der Waals surface area contributed by atoms with Gasteiger partial charge in [0.05, 0.1) is 11.2 Å². The van der Waals surface area contributed by atoms with Crippen molar-refractivity contribution < 1.29 is 0 Å². The highest BCUT2D eigenvalue weighted by Crippen LogP contribution is 2.41. The predicted molar refractivity (Wildman–Crippen MR) is 47.3 cm³/mol. The van der Waals surface area contributed by atoms with Gasteiger partial charge in [0.15, 0.2) is 0 Å². The third kappa shape index (κ3) is 1.09. The second-order valence-electron chi connectivity index (χ2n) is 3.21.